The standard InChI is InChI=1S/C22H22N4O5S/c27-20-5-4-18(26(29)30)12-19(20)24-21(28)11-17-14-32-22(23-17)16-3-1-2-15(10-16)13-25-6-8-31-9-7-25/h1-5,10,12,14,27H,6-9,11,13H2,(H,24,28). The number of nitrogens with zero attached hydrogens (tertiary/aromatic N) is 3. The zero-order valence-electron chi connectivity index (χ0n) is 17.2. The normalized spacial score (nSPS) is 14.2. The predicted octanol–water partition coefficient (Wildman–Crippen LogP) is 3.44. The second-order valence-electron chi connectivity index (χ2n) is 7.42. The second kappa shape index (κ2) is 9.86. The highest BCUT2D eigenvalue weighted by Gasteiger charge is 2.15. The van der Waals surface area contributed by atoms with E-state index in [0.717, 1.165) is 49.5 Å². The number of aromatic hydroxyl groups is 1. The number of non-ortho nitro benzene ring substituents is 1. The molecule has 1 saturated heterocycles. The number of aromatic nitrogens is 1. The number of hydrogen-bond donors (Lipinski definition) is 2. The number of nitro benzene ring substituents is 1. The number of thiazole rings is 1. The summed E-state index contributed by atoms with van der Waals surface area (Å²) < 4.78 is 5.40. The van der Waals surface area contributed by atoms with Gasteiger partial charge in [-0.05, 0) is 17.7 Å². The van der Waals surface area contributed by atoms with Crippen molar-refractivity contribution in [3.63, 3.8) is 0 Å². The van der Waals surface area contributed by atoms with Crippen LogP contribution in [0.3, 0.4) is 0 Å². The highest BCUT2D eigenvalue weighted by atomic mass is 32.1. The summed E-state index contributed by atoms with van der Waals surface area (Å²) in [6.45, 7) is 4.20. The van der Waals surface area contributed by atoms with Crippen LogP contribution in [-0.2, 0) is 22.5 Å². The van der Waals surface area contributed by atoms with Gasteiger partial charge in [0.2, 0.25) is 5.91 Å². The zero-order chi connectivity index (χ0) is 22.5. The smallest absolute Gasteiger partial charge is 0.271 e. The van der Waals surface area contributed by atoms with Gasteiger partial charge in [0.1, 0.15) is 10.8 Å². The molecule has 9 nitrogen and oxygen atoms in total. The van der Waals surface area contributed by atoms with E-state index in [4.69, 9.17) is 4.74 Å². The largest absolute Gasteiger partial charge is 0.506 e. The third-order valence-electron chi connectivity index (χ3n) is 5.04. The lowest BCUT2D eigenvalue weighted by Gasteiger charge is -2.26. The van der Waals surface area contributed by atoms with Gasteiger partial charge in [-0.3, -0.25) is 19.8 Å². The topological polar surface area (TPSA) is 118 Å². The molecule has 1 amide bonds. The molecule has 1 fully saturated rings. The number of rotatable bonds is 7. The first kappa shape index (κ1) is 21.9. The molecule has 0 bridgehead atoms. The average molecular weight is 455 g/mol. The van der Waals surface area contributed by atoms with Crippen LogP contribution in [0.25, 0.3) is 10.6 Å². The Morgan fingerprint density at radius 2 is 2.06 bits per heavy atom. The molecule has 2 N–H and O–H groups in total. The molecule has 166 valence electrons. The summed E-state index contributed by atoms with van der Waals surface area (Å²) in [6.07, 6.45) is -0.00784. The van der Waals surface area contributed by atoms with Gasteiger partial charge in [-0.15, -0.1) is 11.3 Å². The van der Waals surface area contributed by atoms with Gasteiger partial charge >= 0.3 is 0 Å². The van der Waals surface area contributed by atoms with E-state index in [9.17, 15) is 20.0 Å². The van der Waals surface area contributed by atoms with Gasteiger partial charge < -0.3 is 15.2 Å². The summed E-state index contributed by atoms with van der Waals surface area (Å²) in [5, 5.41) is 25.9. The molecule has 1 aromatic heterocycles. The summed E-state index contributed by atoms with van der Waals surface area (Å²) in [6, 6.07) is 11.7. The minimum absolute atomic E-state index is 0.00420. The fourth-order valence-corrected chi connectivity index (χ4v) is 4.25. The lowest BCUT2D eigenvalue weighted by Crippen LogP contribution is -2.35. The molecule has 3 aromatic rings. The molecule has 0 radical (unpaired) electrons. The Labute approximate surface area is 188 Å². The van der Waals surface area contributed by atoms with Crippen molar-refractivity contribution in [2.75, 3.05) is 31.6 Å². The molecule has 2 aromatic carbocycles. The number of nitro groups is 1. The molecule has 0 aliphatic carbocycles. The first-order valence-electron chi connectivity index (χ1n) is 10.1. The van der Waals surface area contributed by atoms with Crippen molar-refractivity contribution in [2.45, 2.75) is 13.0 Å². The Balaban J connectivity index is 1.41. The quantitative estimate of drug-likeness (QED) is 0.319. The SMILES string of the molecule is O=C(Cc1csc(-c2cccc(CN3CCOCC3)c2)n1)Nc1cc([N+](=O)[O-])ccc1O. The number of carbonyl (C=O) groups excluding carboxylic acids is 1. The number of morpholine rings is 1. The molecule has 32 heavy (non-hydrogen) atoms. The van der Waals surface area contributed by atoms with Crippen LogP contribution in [-0.4, -0.2) is 52.1 Å². The molecule has 0 unspecified atom stereocenters. The van der Waals surface area contributed by atoms with Crippen molar-refractivity contribution in [1.82, 2.24) is 9.88 Å². The third-order valence-corrected chi connectivity index (χ3v) is 5.98. The monoisotopic (exact) mass is 454 g/mol. The Bertz CT molecular complexity index is 1130. The molecule has 0 spiro atoms. The minimum atomic E-state index is -0.588. The number of ether oxygens (including phenoxy) is 1. The fourth-order valence-electron chi connectivity index (χ4n) is 3.44. The first-order valence-corrected chi connectivity index (χ1v) is 11.0. The van der Waals surface area contributed by atoms with Gasteiger partial charge in [0.25, 0.3) is 5.69 Å². The van der Waals surface area contributed by atoms with Crippen LogP contribution >= 0.6 is 11.3 Å². The van der Waals surface area contributed by atoms with E-state index in [1.54, 1.807) is 0 Å². The highest BCUT2D eigenvalue weighted by Crippen LogP contribution is 2.29. The van der Waals surface area contributed by atoms with Crippen molar-refractivity contribution < 1.29 is 19.6 Å². The van der Waals surface area contributed by atoms with Crippen LogP contribution in [0.5, 0.6) is 5.75 Å². The lowest BCUT2D eigenvalue weighted by atomic mass is 10.1. The first-order chi connectivity index (χ1) is 15.5. The number of phenolic OH excluding ortho intramolecular Hbond substituents is 1. The van der Waals surface area contributed by atoms with Crippen LogP contribution in [0.2, 0.25) is 0 Å². The maximum atomic E-state index is 12.4. The van der Waals surface area contributed by atoms with E-state index in [1.165, 1.54) is 29.0 Å². The zero-order valence-corrected chi connectivity index (χ0v) is 18.0. The van der Waals surface area contributed by atoms with Crippen molar-refractivity contribution in [2.24, 2.45) is 0 Å². The molecular formula is C22H22N4O5S. The van der Waals surface area contributed by atoms with Crippen LogP contribution < -0.4 is 5.32 Å². The van der Waals surface area contributed by atoms with Crippen LogP contribution in [0.4, 0.5) is 11.4 Å². The van der Waals surface area contributed by atoms with E-state index < -0.39 is 10.8 Å². The van der Waals surface area contributed by atoms with Crippen molar-refractivity contribution in [3.05, 3.63) is 69.2 Å². The number of nitrogens with one attached hydrogen (secondary N) is 1. The number of anilines is 1. The molecule has 1 aliphatic rings. The van der Waals surface area contributed by atoms with Crippen LogP contribution in [0, 0.1) is 10.1 Å². The number of benzene rings is 2. The summed E-state index contributed by atoms with van der Waals surface area (Å²) in [5.74, 6) is -0.654. The van der Waals surface area contributed by atoms with E-state index in [0.29, 0.717) is 5.69 Å². The van der Waals surface area contributed by atoms with E-state index in [-0.39, 0.29) is 23.5 Å². The molecule has 1 aliphatic heterocycles. The lowest BCUT2D eigenvalue weighted by molar-refractivity contribution is -0.384. The maximum Gasteiger partial charge on any atom is 0.271 e. The van der Waals surface area contributed by atoms with E-state index >= 15 is 0 Å². The molecule has 10 heteroatoms. The Morgan fingerprint density at radius 1 is 1.25 bits per heavy atom. The van der Waals surface area contributed by atoms with Gasteiger partial charge in [0.15, 0.2) is 0 Å². The second-order valence-corrected chi connectivity index (χ2v) is 8.27. The highest BCUT2D eigenvalue weighted by molar-refractivity contribution is 7.13. The average Bonchev–Trinajstić information content (AvgIpc) is 3.24. The van der Waals surface area contributed by atoms with Gasteiger partial charge in [0.05, 0.1) is 35.9 Å². The van der Waals surface area contributed by atoms with Gasteiger partial charge in [0, 0.05) is 42.7 Å². The maximum absolute atomic E-state index is 12.4. The summed E-state index contributed by atoms with van der Waals surface area (Å²) in [4.78, 5) is 29.6. The molecule has 0 saturated carbocycles. The molecule has 2 heterocycles. The molecular weight excluding hydrogens is 432 g/mol. The Hall–Kier alpha value is -3.34. The minimum Gasteiger partial charge on any atom is -0.506 e. The van der Waals surface area contributed by atoms with E-state index in [2.05, 4.69) is 27.3 Å². The predicted molar refractivity (Wildman–Crippen MR) is 121 cm³/mol. The molecule has 0 atom stereocenters. The van der Waals surface area contributed by atoms with Crippen molar-refractivity contribution in [3.8, 4) is 16.3 Å². The van der Waals surface area contributed by atoms with Crippen molar-refractivity contribution in [1.29, 1.82) is 0 Å². The van der Waals surface area contributed by atoms with Gasteiger partial charge in [-0.2, -0.15) is 0 Å². The van der Waals surface area contributed by atoms with Crippen LogP contribution in [0.15, 0.2) is 47.8 Å². The van der Waals surface area contributed by atoms with Crippen LogP contribution in [0.1, 0.15) is 11.3 Å². The van der Waals surface area contributed by atoms with E-state index in [1.807, 2.05) is 17.5 Å². The third kappa shape index (κ3) is 5.47. The Kier molecular flexibility index (Phi) is 6.74. The fraction of sp³-hybridized carbons (Fsp3) is 0.273. The summed E-state index contributed by atoms with van der Waals surface area (Å²) in [7, 11) is 0. The number of amides is 1. The van der Waals surface area contributed by atoms with Crippen molar-refractivity contribution >= 4 is 28.6 Å². The Morgan fingerprint density at radius 3 is 2.84 bits per heavy atom. The molecule has 4 rings (SSSR count). The van der Waals surface area contributed by atoms with Gasteiger partial charge in [-0.25, -0.2) is 4.98 Å². The summed E-state index contributed by atoms with van der Waals surface area (Å²) in [5.41, 5.74) is 2.55. The number of hydrogen-bond acceptors (Lipinski definition) is 8. The number of phenols is 1. The van der Waals surface area contributed by atoms with Gasteiger partial charge in [-0.1, -0.05) is 18.2 Å². The summed E-state index contributed by atoms with van der Waals surface area (Å²) >= 11 is 1.45. The number of carbonyl (C=O) groups is 1.